The van der Waals surface area contributed by atoms with Crippen LogP contribution in [0.1, 0.15) is 36.2 Å². The number of anilines is 2. The van der Waals surface area contributed by atoms with E-state index in [-0.39, 0.29) is 5.91 Å². The van der Waals surface area contributed by atoms with Crippen LogP contribution in [-0.2, 0) is 0 Å². The van der Waals surface area contributed by atoms with E-state index in [4.69, 9.17) is 0 Å². The molecule has 5 nitrogen and oxygen atoms in total. The van der Waals surface area contributed by atoms with Crippen molar-refractivity contribution < 1.29 is 4.79 Å². The highest BCUT2D eigenvalue weighted by Crippen LogP contribution is 2.21. The Hall–Kier alpha value is -2.43. The van der Waals surface area contributed by atoms with E-state index in [9.17, 15) is 4.79 Å². The second kappa shape index (κ2) is 7.22. The zero-order valence-electron chi connectivity index (χ0n) is 13.5. The molecule has 3 rings (SSSR count). The highest BCUT2D eigenvalue weighted by Gasteiger charge is 2.19. The van der Waals surface area contributed by atoms with E-state index in [1.54, 1.807) is 6.07 Å². The molecule has 1 amide bonds. The van der Waals surface area contributed by atoms with Crippen molar-refractivity contribution in [3.63, 3.8) is 0 Å². The summed E-state index contributed by atoms with van der Waals surface area (Å²) in [5.41, 5.74) is 1.50. The van der Waals surface area contributed by atoms with Gasteiger partial charge in [0.25, 0.3) is 5.91 Å². The molecule has 1 aliphatic rings. The Morgan fingerprint density at radius 3 is 2.43 bits per heavy atom. The number of amides is 1. The van der Waals surface area contributed by atoms with Gasteiger partial charge in [0.05, 0.1) is 0 Å². The van der Waals surface area contributed by atoms with Crippen LogP contribution in [0.4, 0.5) is 11.5 Å². The molecular formula is C18H22N4O. The van der Waals surface area contributed by atoms with Crippen molar-refractivity contribution in [2.75, 3.05) is 25.0 Å². The highest BCUT2D eigenvalue weighted by atomic mass is 16.2. The van der Waals surface area contributed by atoms with Crippen LogP contribution in [-0.4, -0.2) is 40.9 Å². The van der Waals surface area contributed by atoms with E-state index in [2.05, 4.69) is 9.97 Å². The Morgan fingerprint density at radius 2 is 1.74 bits per heavy atom. The van der Waals surface area contributed by atoms with Crippen LogP contribution in [0.15, 0.2) is 42.7 Å². The first-order chi connectivity index (χ1) is 11.3. The third-order valence-electron chi connectivity index (χ3n) is 4.25. The molecular weight excluding hydrogens is 288 g/mol. The normalized spacial score (nSPS) is 15.1. The topological polar surface area (TPSA) is 49.3 Å². The Balaban J connectivity index is 1.80. The second-order valence-corrected chi connectivity index (χ2v) is 5.86. The molecule has 0 atom stereocenters. The summed E-state index contributed by atoms with van der Waals surface area (Å²) >= 11 is 0. The molecule has 120 valence electrons. The summed E-state index contributed by atoms with van der Waals surface area (Å²) in [5.74, 6) is 0.737. The van der Waals surface area contributed by atoms with E-state index >= 15 is 0 Å². The van der Waals surface area contributed by atoms with E-state index < -0.39 is 0 Å². The number of nitrogens with zero attached hydrogens (tertiary/aromatic N) is 4. The second-order valence-electron chi connectivity index (χ2n) is 5.86. The fourth-order valence-electron chi connectivity index (χ4n) is 2.87. The molecule has 0 unspecified atom stereocenters. The molecule has 23 heavy (non-hydrogen) atoms. The summed E-state index contributed by atoms with van der Waals surface area (Å²) in [6.45, 7) is 1.65. The molecule has 5 heteroatoms. The third kappa shape index (κ3) is 3.67. The lowest BCUT2D eigenvalue weighted by molar-refractivity contribution is 0.0755. The smallest absolute Gasteiger partial charge is 0.272 e. The minimum atomic E-state index is 0.0111. The lowest BCUT2D eigenvalue weighted by atomic mass is 10.2. The molecule has 2 heterocycles. The van der Waals surface area contributed by atoms with Crippen molar-refractivity contribution >= 4 is 17.4 Å². The summed E-state index contributed by atoms with van der Waals surface area (Å²) in [7, 11) is 1.94. The maximum absolute atomic E-state index is 12.7. The van der Waals surface area contributed by atoms with E-state index in [0.717, 1.165) is 37.4 Å². The van der Waals surface area contributed by atoms with Crippen LogP contribution in [0.25, 0.3) is 0 Å². The van der Waals surface area contributed by atoms with Crippen LogP contribution in [0.2, 0.25) is 0 Å². The quantitative estimate of drug-likeness (QED) is 0.873. The van der Waals surface area contributed by atoms with Crippen molar-refractivity contribution in [1.29, 1.82) is 0 Å². The first kappa shape index (κ1) is 15.5. The van der Waals surface area contributed by atoms with E-state index in [1.165, 1.54) is 19.2 Å². The minimum Gasteiger partial charge on any atom is -0.337 e. The summed E-state index contributed by atoms with van der Waals surface area (Å²) in [4.78, 5) is 25.1. The van der Waals surface area contributed by atoms with Crippen molar-refractivity contribution in [3.8, 4) is 0 Å². The number of para-hydroxylation sites is 1. The Kier molecular flexibility index (Phi) is 4.86. The van der Waals surface area contributed by atoms with Gasteiger partial charge in [0.2, 0.25) is 0 Å². The largest absolute Gasteiger partial charge is 0.337 e. The van der Waals surface area contributed by atoms with Crippen LogP contribution < -0.4 is 4.90 Å². The molecule has 2 aromatic rings. The number of carbonyl (C=O) groups is 1. The van der Waals surface area contributed by atoms with Gasteiger partial charge in [-0.1, -0.05) is 31.0 Å². The molecule has 0 aliphatic carbocycles. The van der Waals surface area contributed by atoms with Gasteiger partial charge in [0.15, 0.2) is 0 Å². The molecule has 1 saturated heterocycles. The summed E-state index contributed by atoms with van der Waals surface area (Å²) in [5, 5.41) is 0. The third-order valence-corrected chi connectivity index (χ3v) is 4.25. The lowest BCUT2D eigenvalue weighted by Crippen LogP contribution is -2.32. The molecule has 0 bridgehead atoms. The van der Waals surface area contributed by atoms with Crippen LogP contribution in [0.5, 0.6) is 0 Å². The molecule has 0 saturated carbocycles. The maximum atomic E-state index is 12.7. The molecule has 1 aromatic heterocycles. The van der Waals surface area contributed by atoms with Gasteiger partial charge in [0, 0.05) is 31.9 Å². The van der Waals surface area contributed by atoms with Gasteiger partial charge in [-0.05, 0) is 25.0 Å². The number of hydrogen-bond donors (Lipinski definition) is 0. The van der Waals surface area contributed by atoms with Crippen molar-refractivity contribution in [1.82, 2.24) is 14.9 Å². The SMILES string of the molecule is CN(c1ccccc1)c1cc(C(=O)N2CCCCCC2)ncn1. The Labute approximate surface area is 137 Å². The lowest BCUT2D eigenvalue weighted by Gasteiger charge is -2.21. The molecule has 0 radical (unpaired) electrons. The van der Waals surface area contributed by atoms with Crippen LogP contribution in [0, 0.1) is 0 Å². The number of rotatable bonds is 3. The van der Waals surface area contributed by atoms with Gasteiger partial charge in [-0.3, -0.25) is 4.79 Å². The minimum absolute atomic E-state index is 0.0111. The first-order valence-electron chi connectivity index (χ1n) is 8.16. The number of hydrogen-bond acceptors (Lipinski definition) is 4. The average molecular weight is 310 g/mol. The van der Waals surface area contributed by atoms with Gasteiger partial charge >= 0.3 is 0 Å². The number of likely N-dealkylation sites (tertiary alicyclic amines) is 1. The van der Waals surface area contributed by atoms with E-state index in [0.29, 0.717) is 5.69 Å². The number of benzene rings is 1. The van der Waals surface area contributed by atoms with Gasteiger partial charge in [-0.2, -0.15) is 0 Å². The molecule has 1 fully saturated rings. The van der Waals surface area contributed by atoms with Crippen LogP contribution >= 0.6 is 0 Å². The molecule has 0 spiro atoms. The first-order valence-corrected chi connectivity index (χ1v) is 8.16. The molecule has 0 N–H and O–H groups in total. The highest BCUT2D eigenvalue weighted by molar-refractivity contribution is 5.93. The zero-order valence-corrected chi connectivity index (χ0v) is 13.5. The number of carbonyl (C=O) groups excluding carboxylic acids is 1. The monoisotopic (exact) mass is 310 g/mol. The predicted molar refractivity (Wildman–Crippen MR) is 90.9 cm³/mol. The molecule has 1 aromatic carbocycles. The zero-order chi connectivity index (χ0) is 16.1. The predicted octanol–water partition coefficient (Wildman–Crippen LogP) is 3.26. The van der Waals surface area contributed by atoms with Gasteiger partial charge < -0.3 is 9.80 Å². The van der Waals surface area contributed by atoms with Crippen LogP contribution in [0.3, 0.4) is 0 Å². The van der Waals surface area contributed by atoms with Gasteiger partial charge in [-0.15, -0.1) is 0 Å². The van der Waals surface area contributed by atoms with Gasteiger partial charge in [-0.25, -0.2) is 9.97 Å². The number of aromatic nitrogens is 2. The van der Waals surface area contributed by atoms with Crippen molar-refractivity contribution in [2.24, 2.45) is 0 Å². The van der Waals surface area contributed by atoms with Crippen molar-refractivity contribution in [2.45, 2.75) is 25.7 Å². The fourth-order valence-corrected chi connectivity index (χ4v) is 2.87. The van der Waals surface area contributed by atoms with E-state index in [1.807, 2.05) is 47.2 Å². The summed E-state index contributed by atoms with van der Waals surface area (Å²) < 4.78 is 0. The Morgan fingerprint density at radius 1 is 1.04 bits per heavy atom. The van der Waals surface area contributed by atoms with Crippen molar-refractivity contribution in [3.05, 3.63) is 48.4 Å². The summed E-state index contributed by atoms with van der Waals surface area (Å²) in [6.07, 6.45) is 6.03. The summed E-state index contributed by atoms with van der Waals surface area (Å²) in [6, 6.07) is 11.7. The average Bonchev–Trinajstić information content (AvgIpc) is 2.91. The molecule has 1 aliphatic heterocycles. The fraction of sp³-hybridized carbons (Fsp3) is 0.389. The maximum Gasteiger partial charge on any atom is 0.272 e. The van der Waals surface area contributed by atoms with Gasteiger partial charge in [0.1, 0.15) is 17.8 Å². The Bertz CT molecular complexity index is 651. The standard InChI is InChI=1S/C18H22N4O/c1-21(15-9-5-4-6-10-15)17-13-16(19-14-20-17)18(23)22-11-7-2-3-8-12-22/h4-6,9-10,13-14H,2-3,7-8,11-12H2,1H3.